The molecule has 20 heavy (non-hydrogen) atoms. The summed E-state index contributed by atoms with van der Waals surface area (Å²) in [5, 5.41) is 8.96. The number of hydrogen-bond acceptors (Lipinski definition) is 3. The SMILES string of the molecule is O=C(O)CC(C(=O)c1ccc(F)cc1)c1ccncc1. The third-order valence-corrected chi connectivity index (χ3v) is 2.93. The van der Waals surface area contributed by atoms with E-state index in [1.807, 2.05) is 0 Å². The highest BCUT2D eigenvalue weighted by Gasteiger charge is 2.24. The summed E-state index contributed by atoms with van der Waals surface area (Å²) in [5.74, 6) is -2.66. The predicted octanol–water partition coefficient (Wildman–Crippen LogP) is 2.66. The second kappa shape index (κ2) is 6.06. The maximum absolute atomic E-state index is 12.9. The summed E-state index contributed by atoms with van der Waals surface area (Å²) in [6.45, 7) is 0. The molecule has 1 N–H and O–H groups in total. The first-order valence-corrected chi connectivity index (χ1v) is 5.99. The van der Waals surface area contributed by atoms with Gasteiger partial charge in [-0.2, -0.15) is 0 Å². The number of Topliss-reactive ketones (excluding diaryl/α,β-unsaturated/α-hetero) is 1. The lowest BCUT2D eigenvalue weighted by molar-refractivity contribution is -0.137. The molecule has 0 aliphatic rings. The molecule has 0 aliphatic heterocycles. The highest BCUT2D eigenvalue weighted by molar-refractivity contribution is 6.02. The van der Waals surface area contributed by atoms with Gasteiger partial charge < -0.3 is 5.11 Å². The van der Waals surface area contributed by atoms with Gasteiger partial charge in [-0.25, -0.2) is 4.39 Å². The van der Waals surface area contributed by atoms with E-state index < -0.39 is 17.7 Å². The number of nitrogens with zero attached hydrogens (tertiary/aromatic N) is 1. The summed E-state index contributed by atoms with van der Waals surface area (Å²) >= 11 is 0. The standard InChI is InChI=1S/C15H12FNO3/c16-12-3-1-11(2-4-12)15(20)13(9-14(18)19)10-5-7-17-8-6-10/h1-8,13H,9H2,(H,18,19). The topological polar surface area (TPSA) is 67.3 Å². The quantitative estimate of drug-likeness (QED) is 0.850. The van der Waals surface area contributed by atoms with Crippen LogP contribution in [0.4, 0.5) is 4.39 Å². The number of aliphatic carboxylic acids is 1. The van der Waals surface area contributed by atoms with Crippen molar-refractivity contribution >= 4 is 11.8 Å². The number of carboxylic acids is 1. The van der Waals surface area contributed by atoms with E-state index in [2.05, 4.69) is 4.98 Å². The van der Waals surface area contributed by atoms with Crippen LogP contribution >= 0.6 is 0 Å². The molecule has 4 nitrogen and oxygen atoms in total. The highest BCUT2D eigenvalue weighted by Crippen LogP contribution is 2.24. The number of carbonyl (C=O) groups is 2. The molecule has 0 bridgehead atoms. The number of ketones is 1. The molecule has 2 aromatic rings. The zero-order valence-corrected chi connectivity index (χ0v) is 10.5. The van der Waals surface area contributed by atoms with E-state index in [9.17, 15) is 14.0 Å². The first kappa shape index (κ1) is 13.9. The van der Waals surface area contributed by atoms with Crippen LogP contribution in [0.5, 0.6) is 0 Å². The molecule has 1 atom stereocenters. The van der Waals surface area contributed by atoms with E-state index >= 15 is 0 Å². The second-order valence-corrected chi connectivity index (χ2v) is 4.30. The maximum atomic E-state index is 12.9. The minimum Gasteiger partial charge on any atom is -0.481 e. The van der Waals surface area contributed by atoms with E-state index in [0.717, 1.165) is 0 Å². The van der Waals surface area contributed by atoms with Gasteiger partial charge in [0.15, 0.2) is 5.78 Å². The molecule has 1 heterocycles. The molecule has 0 aliphatic carbocycles. The van der Waals surface area contributed by atoms with Gasteiger partial charge in [0.05, 0.1) is 12.3 Å². The highest BCUT2D eigenvalue weighted by atomic mass is 19.1. The van der Waals surface area contributed by atoms with Crippen LogP contribution in [-0.2, 0) is 4.79 Å². The molecule has 1 aromatic heterocycles. The number of hydrogen-bond donors (Lipinski definition) is 1. The van der Waals surface area contributed by atoms with Crippen molar-refractivity contribution in [3.05, 3.63) is 65.7 Å². The van der Waals surface area contributed by atoms with Crippen LogP contribution in [0.1, 0.15) is 28.3 Å². The molecule has 2 rings (SSSR count). The molecule has 0 radical (unpaired) electrons. The third kappa shape index (κ3) is 3.26. The Labute approximate surface area is 114 Å². The van der Waals surface area contributed by atoms with Crippen molar-refractivity contribution in [1.29, 1.82) is 0 Å². The van der Waals surface area contributed by atoms with Crippen LogP contribution in [0.15, 0.2) is 48.8 Å². The van der Waals surface area contributed by atoms with Crippen molar-refractivity contribution in [3.63, 3.8) is 0 Å². The van der Waals surface area contributed by atoms with Gasteiger partial charge in [-0.3, -0.25) is 14.6 Å². The van der Waals surface area contributed by atoms with Crippen LogP contribution in [0.2, 0.25) is 0 Å². The van der Waals surface area contributed by atoms with Crippen LogP contribution < -0.4 is 0 Å². The van der Waals surface area contributed by atoms with Gasteiger partial charge in [-0.15, -0.1) is 0 Å². The molecule has 102 valence electrons. The van der Waals surface area contributed by atoms with Crippen molar-refractivity contribution in [3.8, 4) is 0 Å². The Bertz CT molecular complexity index is 611. The van der Waals surface area contributed by atoms with Gasteiger partial charge >= 0.3 is 5.97 Å². The van der Waals surface area contributed by atoms with Gasteiger partial charge in [-0.1, -0.05) is 0 Å². The molecular weight excluding hydrogens is 261 g/mol. The lowest BCUT2D eigenvalue weighted by atomic mass is 9.88. The number of rotatable bonds is 5. The molecular formula is C15H12FNO3. The summed E-state index contributed by atoms with van der Waals surface area (Å²) in [4.78, 5) is 27.2. The minimum absolute atomic E-state index is 0.287. The average Bonchev–Trinajstić information content (AvgIpc) is 2.45. The molecule has 1 unspecified atom stereocenters. The maximum Gasteiger partial charge on any atom is 0.304 e. The number of benzene rings is 1. The summed E-state index contributed by atoms with van der Waals surface area (Å²) in [6.07, 6.45) is 2.68. The molecule has 1 aromatic carbocycles. The van der Waals surface area contributed by atoms with Crippen LogP contribution in [-0.4, -0.2) is 21.8 Å². The summed E-state index contributed by atoms with van der Waals surface area (Å²) < 4.78 is 12.9. The summed E-state index contributed by atoms with van der Waals surface area (Å²) in [6, 6.07) is 8.28. The second-order valence-electron chi connectivity index (χ2n) is 4.30. The Morgan fingerprint density at radius 3 is 2.25 bits per heavy atom. The Kier molecular flexibility index (Phi) is 4.20. The van der Waals surface area contributed by atoms with Crippen LogP contribution in [0.25, 0.3) is 0 Å². The number of aromatic nitrogens is 1. The number of halogens is 1. The summed E-state index contributed by atoms with van der Waals surface area (Å²) in [5.41, 5.74) is 0.867. The predicted molar refractivity (Wildman–Crippen MR) is 70.0 cm³/mol. The van der Waals surface area contributed by atoms with Crippen molar-refractivity contribution in [1.82, 2.24) is 4.98 Å². The van der Waals surface area contributed by atoms with E-state index in [4.69, 9.17) is 5.11 Å². The van der Waals surface area contributed by atoms with Crippen LogP contribution in [0.3, 0.4) is 0 Å². The molecule has 0 spiro atoms. The summed E-state index contributed by atoms with van der Waals surface area (Å²) in [7, 11) is 0. The number of carbonyl (C=O) groups excluding carboxylic acids is 1. The van der Waals surface area contributed by atoms with Gasteiger partial charge in [0.1, 0.15) is 5.82 Å². The zero-order valence-electron chi connectivity index (χ0n) is 10.5. The van der Waals surface area contributed by atoms with Gasteiger partial charge in [-0.05, 0) is 42.0 Å². The lowest BCUT2D eigenvalue weighted by Crippen LogP contribution is -2.17. The van der Waals surface area contributed by atoms with Gasteiger partial charge in [0.25, 0.3) is 0 Å². The van der Waals surface area contributed by atoms with E-state index in [0.29, 0.717) is 5.56 Å². The van der Waals surface area contributed by atoms with Crippen LogP contribution in [0, 0.1) is 5.82 Å². The first-order valence-electron chi connectivity index (χ1n) is 5.99. The zero-order chi connectivity index (χ0) is 14.5. The van der Waals surface area contributed by atoms with Crippen molar-refractivity contribution in [2.75, 3.05) is 0 Å². The molecule has 0 fully saturated rings. The largest absolute Gasteiger partial charge is 0.481 e. The normalized spacial score (nSPS) is 11.8. The first-order chi connectivity index (χ1) is 9.58. The van der Waals surface area contributed by atoms with E-state index in [1.165, 1.54) is 36.7 Å². The van der Waals surface area contributed by atoms with E-state index in [1.54, 1.807) is 12.1 Å². The monoisotopic (exact) mass is 273 g/mol. The molecule has 0 saturated carbocycles. The smallest absolute Gasteiger partial charge is 0.304 e. The fourth-order valence-electron chi connectivity index (χ4n) is 1.95. The van der Waals surface area contributed by atoms with Crippen molar-refractivity contribution in [2.24, 2.45) is 0 Å². The third-order valence-electron chi connectivity index (χ3n) is 2.93. The molecule has 0 saturated heterocycles. The fraction of sp³-hybridized carbons (Fsp3) is 0.133. The lowest BCUT2D eigenvalue weighted by Gasteiger charge is -2.14. The Balaban J connectivity index is 2.34. The average molecular weight is 273 g/mol. The van der Waals surface area contributed by atoms with Crippen molar-refractivity contribution in [2.45, 2.75) is 12.3 Å². The molecule has 0 amide bonds. The van der Waals surface area contributed by atoms with Crippen molar-refractivity contribution < 1.29 is 19.1 Å². The number of pyridine rings is 1. The van der Waals surface area contributed by atoms with E-state index in [-0.39, 0.29) is 17.8 Å². The molecule has 5 heteroatoms. The number of carboxylic acid groups (broad SMARTS) is 1. The van der Waals surface area contributed by atoms with Gasteiger partial charge in [0, 0.05) is 18.0 Å². The Morgan fingerprint density at radius 2 is 1.70 bits per heavy atom. The Morgan fingerprint density at radius 1 is 1.10 bits per heavy atom. The van der Waals surface area contributed by atoms with Gasteiger partial charge in [0.2, 0.25) is 0 Å². The fourth-order valence-corrected chi connectivity index (χ4v) is 1.95. The minimum atomic E-state index is -1.07. The Hall–Kier alpha value is -2.56.